The second kappa shape index (κ2) is 9.60. The molecule has 4 nitrogen and oxygen atoms in total. The predicted octanol–water partition coefficient (Wildman–Crippen LogP) is 2.92. The first kappa shape index (κ1) is 20.3. The number of hydrogen-bond acceptors (Lipinski definition) is 4. The van der Waals surface area contributed by atoms with E-state index in [1.165, 1.54) is 16.5 Å². The largest absolute Gasteiger partial charge is 0.405 e. The maximum Gasteiger partial charge on any atom is 0.261 e. The van der Waals surface area contributed by atoms with E-state index < -0.39 is 8.32 Å². The molecule has 0 aliphatic heterocycles. The van der Waals surface area contributed by atoms with Crippen molar-refractivity contribution >= 4 is 24.8 Å². The number of benzene rings is 2. The van der Waals surface area contributed by atoms with E-state index in [9.17, 15) is 4.79 Å². The highest BCUT2D eigenvalue weighted by Crippen LogP contribution is 2.36. The van der Waals surface area contributed by atoms with Crippen molar-refractivity contribution in [2.75, 3.05) is 26.4 Å². The lowest BCUT2D eigenvalue weighted by Crippen LogP contribution is -2.66. The van der Waals surface area contributed by atoms with Crippen LogP contribution in [0, 0.1) is 0 Å². The number of ether oxygens (including phenoxy) is 1. The molecule has 0 aromatic heterocycles. The van der Waals surface area contributed by atoms with Crippen LogP contribution in [-0.4, -0.2) is 40.8 Å². The van der Waals surface area contributed by atoms with E-state index in [1.54, 1.807) is 0 Å². The van der Waals surface area contributed by atoms with Gasteiger partial charge in [-0.25, -0.2) is 9.79 Å². The van der Waals surface area contributed by atoms with Crippen LogP contribution in [0.1, 0.15) is 20.8 Å². The third kappa shape index (κ3) is 4.77. The summed E-state index contributed by atoms with van der Waals surface area (Å²) in [5.74, 6) is 0. The van der Waals surface area contributed by atoms with Crippen molar-refractivity contribution in [3.05, 3.63) is 60.7 Å². The highest BCUT2D eigenvalue weighted by molar-refractivity contribution is 6.99. The first-order chi connectivity index (χ1) is 12.5. The molecule has 0 atom stereocenters. The maximum absolute atomic E-state index is 10.1. The van der Waals surface area contributed by atoms with E-state index in [4.69, 9.17) is 9.16 Å². The van der Waals surface area contributed by atoms with Crippen LogP contribution in [0.4, 0.5) is 0 Å². The maximum atomic E-state index is 10.1. The SMILES string of the molecule is CC(C)(C)[Si](OCCOCCN=C=O)(c1ccccc1)c1ccccc1. The molecule has 0 saturated heterocycles. The summed E-state index contributed by atoms with van der Waals surface area (Å²) in [5.41, 5.74) is 0. The summed E-state index contributed by atoms with van der Waals surface area (Å²) in [6.07, 6.45) is 1.52. The second-order valence-electron chi connectivity index (χ2n) is 7.10. The summed E-state index contributed by atoms with van der Waals surface area (Å²) >= 11 is 0. The average molecular weight is 370 g/mol. The molecule has 0 radical (unpaired) electrons. The first-order valence-electron chi connectivity index (χ1n) is 8.89. The first-order valence-corrected chi connectivity index (χ1v) is 10.8. The van der Waals surface area contributed by atoms with Gasteiger partial charge in [0.25, 0.3) is 8.32 Å². The normalized spacial score (nSPS) is 11.8. The van der Waals surface area contributed by atoms with E-state index in [1.807, 2.05) is 12.1 Å². The Kier molecular flexibility index (Phi) is 7.48. The molecular formula is C21H27NO3Si. The molecule has 0 aliphatic carbocycles. The zero-order valence-corrected chi connectivity index (χ0v) is 16.8. The van der Waals surface area contributed by atoms with Crippen molar-refractivity contribution in [1.29, 1.82) is 0 Å². The highest BCUT2D eigenvalue weighted by Gasteiger charge is 2.49. The number of aliphatic imine (C=N–C) groups is 1. The summed E-state index contributed by atoms with van der Waals surface area (Å²) < 4.78 is 12.2. The van der Waals surface area contributed by atoms with E-state index in [-0.39, 0.29) is 5.04 Å². The van der Waals surface area contributed by atoms with E-state index >= 15 is 0 Å². The fraction of sp³-hybridized carbons (Fsp3) is 0.381. The van der Waals surface area contributed by atoms with Crippen molar-refractivity contribution in [2.24, 2.45) is 4.99 Å². The summed E-state index contributed by atoms with van der Waals surface area (Å²) in [6, 6.07) is 21.0. The van der Waals surface area contributed by atoms with Crippen LogP contribution < -0.4 is 10.4 Å². The van der Waals surface area contributed by atoms with E-state index in [0.717, 1.165) is 0 Å². The van der Waals surface area contributed by atoms with Gasteiger partial charge >= 0.3 is 0 Å². The Labute approximate surface area is 157 Å². The Morgan fingerprint density at radius 1 is 0.885 bits per heavy atom. The van der Waals surface area contributed by atoms with Crippen LogP contribution in [0.2, 0.25) is 5.04 Å². The van der Waals surface area contributed by atoms with Gasteiger partial charge in [-0.2, -0.15) is 0 Å². The third-order valence-corrected chi connectivity index (χ3v) is 9.42. The molecule has 0 bridgehead atoms. The Morgan fingerprint density at radius 3 is 1.88 bits per heavy atom. The smallest absolute Gasteiger partial charge is 0.261 e. The number of nitrogens with zero attached hydrogens (tertiary/aromatic N) is 1. The van der Waals surface area contributed by atoms with E-state index in [0.29, 0.717) is 26.4 Å². The molecule has 0 heterocycles. The van der Waals surface area contributed by atoms with Gasteiger partial charge in [0.2, 0.25) is 6.08 Å². The fourth-order valence-electron chi connectivity index (χ4n) is 3.27. The molecule has 0 saturated carbocycles. The average Bonchev–Trinajstić information content (AvgIpc) is 2.64. The summed E-state index contributed by atoms with van der Waals surface area (Å²) in [6.45, 7) is 8.45. The molecular weight excluding hydrogens is 342 g/mol. The van der Waals surface area contributed by atoms with Gasteiger partial charge in [-0.1, -0.05) is 81.4 Å². The minimum atomic E-state index is -2.49. The van der Waals surface area contributed by atoms with Crippen molar-refractivity contribution in [1.82, 2.24) is 0 Å². The Hall–Kier alpha value is -2.04. The Morgan fingerprint density at radius 2 is 1.42 bits per heavy atom. The van der Waals surface area contributed by atoms with E-state index in [2.05, 4.69) is 74.3 Å². The lowest BCUT2D eigenvalue weighted by molar-refractivity contribution is 0.102. The van der Waals surface area contributed by atoms with Gasteiger partial charge in [0.15, 0.2) is 0 Å². The Bertz CT molecular complexity index is 668. The number of hydrogen-bond donors (Lipinski definition) is 0. The third-order valence-electron chi connectivity index (χ3n) is 4.38. The fourth-order valence-corrected chi connectivity index (χ4v) is 7.82. The monoisotopic (exact) mass is 369 g/mol. The zero-order valence-electron chi connectivity index (χ0n) is 15.8. The minimum Gasteiger partial charge on any atom is -0.405 e. The minimum absolute atomic E-state index is 0.0441. The van der Waals surface area contributed by atoms with Crippen molar-refractivity contribution in [2.45, 2.75) is 25.8 Å². The second-order valence-corrected chi connectivity index (χ2v) is 11.4. The Balaban J connectivity index is 2.28. The lowest BCUT2D eigenvalue weighted by Gasteiger charge is -2.43. The molecule has 5 heteroatoms. The molecule has 0 amide bonds. The molecule has 0 aliphatic rings. The predicted molar refractivity (Wildman–Crippen MR) is 107 cm³/mol. The molecule has 26 heavy (non-hydrogen) atoms. The van der Waals surface area contributed by atoms with Gasteiger partial charge in [-0.15, -0.1) is 0 Å². The quantitative estimate of drug-likeness (QED) is 0.295. The summed E-state index contributed by atoms with van der Waals surface area (Å²) in [5, 5.41) is 2.46. The van der Waals surface area contributed by atoms with Crippen molar-refractivity contribution < 1.29 is 14.0 Å². The van der Waals surface area contributed by atoms with Crippen LogP contribution in [0.25, 0.3) is 0 Å². The molecule has 2 rings (SSSR count). The van der Waals surface area contributed by atoms with Crippen LogP contribution in [0.15, 0.2) is 65.7 Å². The van der Waals surface area contributed by atoms with Crippen LogP contribution in [0.3, 0.4) is 0 Å². The molecule has 2 aromatic carbocycles. The molecule has 0 fully saturated rings. The molecule has 0 unspecified atom stereocenters. The standard InChI is InChI=1S/C21H27NO3Si/c1-21(2,3)26(19-10-6-4-7-11-19,20-12-8-5-9-13-20)25-17-16-24-15-14-22-18-23/h4-13H,14-17H2,1-3H3. The lowest BCUT2D eigenvalue weighted by atomic mass is 10.2. The van der Waals surface area contributed by atoms with Crippen LogP contribution in [0.5, 0.6) is 0 Å². The van der Waals surface area contributed by atoms with Gasteiger partial charge in [0, 0.05) is 0 Å². The summed E-state index contributed by atoms with van der Waals surface area (Å²) in [4.78, 5) is 13.6. The van der Waals surface area contributed by atoms with Crippen molar-refractivity contribution in [3.8, 4) is 0 Å². The highest BCUT2D eigenvalue weighted by atomic mass is 28.4. The van der Waals surface area contributed by atoms with Crippen molar-refractivity contribution in [3.63, 3.8) is 0 Å². The van der Waals surface area contributed by atoms with Gasteiger partial charge in [-0.3, -0.25) is 0 Å². The topological polar surface area (TPSA) is 47.9 Å². The molecule has 2 aromatic rings. The van der Waals surface area contributed by atoms with Gasteiger partial charge in [0.1, 0.15) is 0 Å². The number of rotatable bonds is 9. The molecule has 0 N–H and O–H groups in total. The number of carbonyl (C=O) groups excluding carboxylic acids is 1. The zero-order chi connectivity index (χ0) is 18.9. The summed E-state index contributed by atoms with van der Waals surface area (Å²) in [7, 11) is -2.49. The molecule has 138 valence electrons. The van der Waals surface area contributed by atoms with Crippen LogP contribution >= 0.6 is 0 Å². The van der Waals surface area contributed by atoms with Gasteiger partial charge in [-0.05, 0) is 15.4 Å². The number of isocyanates is 1. The van der Waals surface area contributed by atoms with Crippen LogP contribution in [-0.2, 0) is 14.0 Å². The van der Waals surface area contributed by atoms with Gasteiger partial charge < -0.3 is 9.16 Å². The molecule has 0 spiro atoms. The van der Waals surface area contributed by atoms with Gasteiger partial charge in [0.05, 0.1) is 26.4 Å².